The van der Waals surface area contributed by atoms with Crippen molar-refractivity contribution < 1.29 is 14.3 Å². The molecule has 1 atom stereocenters. The van der Waals surface area contributed by atoms with Crippen molar-refractivity contribution in [1.29, 1.82) is 0 Å². The first-order chi connectivity index (χ1) is 14.2. The number of rotatable bonds is 18. The molecule has 0 spiro atoms. The summed E-state index contributed by atoms with van der Waals surface area (Å²) in [6.45, 7) is 5.67. The maximum Gasteiger partial charge on any atom is 0.328 e. The molecule has 0 saturated carbocycles. The highest BCUT2D eigenvalue weighted by Crippen LogP contribution is 2.21. The van der Waals surface area contributed by atoms with Crippen molar-refractivity contribution in [1.82, 2.24) is 4.90 Å². The number of amides is 1. The summed E-state index contributed by atoms with van der Waals surface area (Å²) in [5.74, 6) is -0.0438. The predicted octanol–water partition coefficient (Wildman–Crippen LogP) is 6.80. The highest BCUT2D eigenvalue weighted by atomic mass is 16.5. The van der Waals surface area contributed by atoms with Crippen molar-refractivity contribution in [3.05, 3.63) is 0 Å². The van der Waals surface area contributed by atoms with Gasteiger partial charge < -0.3 is 9.64 Å². The molecule has 0 aromatic heterocycles. The van der Waals surface area contributed by atoms with Gasteiger partial charge in [0.1, 0.15) is 6.04 Å². The minimum Gasteiger partial charge on any atom is -0.464 e. The standard InChI is InChI=1S/C25H47NO3/c1-3-5-7-9-10-11-12-13-15-17-22-29-25(28)23-19-18-21-26(23)24(27)20-16-14-8-6-4-2/h23H,3-22H2,1-2H3. The zero-order valence-electron chi connectivity index (χ0n) is 19.4. The van der Waals surface area contributed by atoms with E-state index in [0.29, 0.717) is 19.6 Å². The van der Waals surface area contributed by atoms with Crippen molar-refractivity contribution >= 4 is 11.9 Å². The van der Waals surface area contributed by atoms with Crippen molar-refractivity contribution in [2.75, 3.05) is 13.2 Å². The molecule has 1 amide bonds. The molecule has 0 N–H and O–H groups in total. The molecule has 0 aromatic rings. The number of nitrogens with zero attached hydrogens (tertiary/aromatic N) is 1. The molecular weight excluding hydrogens is 362 g/mol. The van der Waals surface area contributed by atoms with Gasteiger partial charge in [0.2, 0.25) is 5.91 Å². The highest BCUT2D eigenvalue weighted by Gasteiger charge is 2.34. The second-order valence-electron chi connectivity index (χ2n) is 8.76. The number of likely N-dealkylation sites (tertiary alicyclic amines) is 1. The Morgan fingerprint density at radius 2 is 1.28 bits per heavy atom. The SMILES string of the molecule is CCCCCCCCCCCCOC(=O)C1CCCN1C(=O)CCCCCCC. The smallest absolute Gasteiger partial charge is 0.328 e. The Bertz CT molecular complexity index is 424. The Balaban J connectivity index is 2.07. The third-order valence-corrected chi connectivity index (χ3v) is 6.08. The molecule has 29 heavy (non-hydrogen) atoms. The first-order valence-corrected chi connectivity index (χ1v) is 12.7. The van der Waals surface area contributed by atoms with Crippen LogP contribution in [-0.2, 0) is 14.3 Å². The lowest BCUT2D eigenvalue weighted by atomic mass is 10.1. The Morgan fingerprint density at radius 3 is 1.86 bits per heavy atom. The van der Waals surface area contributed by atoms with Crippen LogP contribution in [0.1, 0.15) is 129 Å². The van der Waals surface area contributed by atoms with E-state index in [1.807, 2.05) is 0 Å². The van der Waals surface area contributed by atoms with E-state index >= 15 is 0 Å². The predicted molar refractivity (Wildman–Crippen MR) is 121 cm³/mol. The van der Waals surface area contributed by atoms with E-state index in [4.69, 9.17) is 4.74 Å². The zero-order chi connectivity index (χ0) is 21.2. The normalized spacial score (nSPS) is 16.3. The maximum absolute atomic E-state index is 12.5. The van der Waals surface area contributed by atoms with Gasteiger partial charge >= 0.3 is 5.97 Å². The van der Waals surface area contributed by atoms with E-state index in [0.717, 1.165) is 38.5 Å². The fraction of sp³-hybridized carbons (Fsp3) is 0.920. The van der Waals surface area contributed by atoms with E-state index < -0.39 is 0 Å². The molecule has 1 aliphatic rings. The molecule has 0 aromatic carbocycles. The highest BCUT2D eigenvalue weighted by molar-refractivity contribution is 5.85. The van der Waals surface area contributed by atoms with Crippen LogP contribution in [0.15, 0.2) is 0 Å². The summed E-state index contributed by atoms with van der Waals surface area (Å²) >= 11 is 0. The molecule has 0 radical (unpaired) electrons. The van der Waals surface area contributed by atoms with E-state index in [-0.39, 0.29) is 17.9 Å². The van der Waals surface area contributed by atoms with Gasteiger partial charge in [-0.15, -0.1) is 0 Å². The Kier molecular flexibility index (Phi) is 15.9. The van der Waals surface area contributed by atoms with Gasteiger partial charge in [-0.2, -0.15) is 0 Å². The fourth-order valence-electron chi connectivity index (χ4n) is 4.19. The van der Waals surface area contributed by atoms with Crippen LogP contribution < -0.4 is 0 Å². The van der Waals surface area contributed by atoms with Crippen LogP contribution in [0.3, 0.4) is 0 Å². The topological polar surface area (TPSA) is 46.6 Å². The Labute approximate surface area is 180 Å². The van der Waals surface area contributed by atoms with Crippen LogP contribution in [0.25, 0.3) is 0 Å². The molecule has 4 heteroatoms. The lowest BCUT2D eigenvalue weighted by molar-refractivity contribution is -0.153. The third kappa shape index (κ3) is 12.3. The van der Waals surface area contributed by atoms with Gasteiger partial charge in [0, 0.05) is 13.0 Å². The minimum atomic E-state index is -0.332. The molecular formula is C25H47NO3. The molecule has 1 fully saturated rings. The molecule has 1 rings (SSSR count). The van der Waals surface area contributed by atoms with E-state index in [2.05, 4.69) is 13.8 Å². The van der Waals surface area contributed by atoms with Gasteiger partial charge in [-0.05, 0) is 25.7 Å². The van der Waals surface area contributed by atoms with E-state index in [1.54, 1.807) is 4.90 Å². The van der Waals surface area contributed by atoms with Gasteiger partial charge in [0.25, 0.3) is 0 Å². The Hall–Kier alpha value is -1.06. The lowest BCUT2D eigenvalue weighted by Gasteiger charge is -2.23. The van der Waals surface area contributed by atoms with E-state index in [1.165, 1.54) is 70.6 Å². The van der Waals surface area contributed by atoms with Gasteiger partial charge in [-0.1, -0.05) is 97.3 Å². The average molecular weight is 410 g/mol. The van der Waals surface area contributed by atoms with Gasteiger partial charge in [0.15, 0.2) is 0 Å². The van der Waals surface area contributed by atoms with Crippen molar-refractivity contribution in [3.8, 4) is 0 Å². The summed E-state index contributed by atoms with van der Waals surface area (Å²) in [5, 5.41) is 0. The van der Waals surface area contributed by atoms with Crippen LogP contribution in [0.5, 0.6) is 0 Å². The molecule has 1 saturated heterocycles. The molecule has 1 aliphatic heterocycles. The maximum atomic E-state index is 12.5. The largest absolute Gasteiger partial charge is 0.464 e. The third-order valence-electron chi connectivity index (χ3n) is 6.08. The summed E-state index contributed by atoms with van der Waals surface area (Å²) in [5.41, 5.74) is 0. The number of hydrogen-bond donors (Lipinski definition) is 0. The van der Waals surface area contributed by atoms with Crippen molar-refractivity contribution in [2.24, 2.45) is 0 Å². The number of carbonyl (C=O) groups excluding carboxylic acids is 2. The number of ether oxygens (including phenoxy) is 1. The summed E-state index contributed by atoms with van der Waals surface area (Å²) in [6.07, 6.45) is 20.7. The molecule has 0 bridgehead atoms. The van der Waals surface area contributed by atoms with Gasteiger partial charge in [-0.25, -0.2) is 4.79 Å². The zero-order valence-corrected chi connectivity index (χ0v) is 19.4. The molecule has 4 nitrogen and oxygen atoms in total. The van der Waals surface area contributed by atoms with Crippen LogP contribution in [0.2, 0.25) is 0 Å². The van der Waals surface area contributed by atoms with Crippen molar-refractivity contribution in [2.45, 2.75) is 135 Å². The fourth-order valence-corrected chi connectivity index (χ4v) is 4.19. The number of esters is 1. The van der Waals surface area contributed by atoms with Crippen LogP contribution in [0.4, 0.5) is 0 Å². The van der Waals surface area contributed by atoms with Crippen LogP contribution >= 0.6 is 0 Å². The van der Waals surface area contributed by atoms with Gasteiger partial charge in [-0.3, -0.25) is 4.79 Å². The second-order valence-corrected chi connectivity index (χ2v) is 8.76. The Morgan fingerprint density at radius 1 is 0.759 bits per heavy atom. The van der Waals surface area contributed by atoms with Gasteiger partial charge in [0.05, 0.1) is 6.61 Å². The molecule has 1 unspecified atom stereocenters. The molecule has 0 aliphatic carbocycles. The van der Waals surface area contributed by atoms with Crippen LogP contribution in [0, 0.1) is 0 Å². The first-order valence-electron chi connectivity index (χ1n) is 12.7. The van der Waals surface area contributed by atoms with Crippen LogP contribution in [-0.4, -0.2) is 36.0 Å². The summed E-state index contributed by atoms with van der Waals surface area (Å²) in [6, 6.07) is -0.332. The first kappa shape index (κ1) is 26.0. The minimum absolute atomic E-state index is 0.139. The number of carbonyl (C=O) groups is 2. The molecule has 170 valence electrons. The molecule has 1 heterocycles. The monoisotopic (exact) mass is 409 g/mol. The summed E-state index contributed by atoms with van der Waals surface area (Å²) in [4.78, 5) is 26.7. The number of unbranched alkanes of at least 4 members (excludes halogenated alkanes) is 13. The second kappa shape index (κ2) is 17.8. The quantitative estimate of drug-likeness (QED) is 0.185. The lowest BCUT2D eigenvalue weighted by Crippen LogP contribution is -2.41. The summed E-state index contributed by atoms with van der Waals surface area (Å²) < 4.78 is 5.50. The van der Waals surface area contributed by atoms with Crippen molar-refractivity contribution in [3.63, 3.8) is 0 Å². The average Bonchev–Trinajstić information content (AvgIpc) is 3.22. The summed E-state index contributed by atoms with van der Waals surface area (Å²) in [7, 11) is 0. The number of hydrogen-bond acceptors (Lipinski definition) is 3. The van der Waals surface area contributed by atoms with E-state index in [9.17, 15) is 9.59 Å².